The SMILES string of the molecule is CCCCCCCCCCCCCCCCc1ccc2cc(C(=O)Oc3ccc(-c4ccc(C=N[C@H](C)c5ccccc5)cc4)cc3)ccc2c1. The molecule has 0 aliphatic rings. The Morgan fingerprint density at radius 3 is 1.78 bits per heavy atom. The van der Waals surface area contributed by atoms with Gasteiger partial charge in [-0.25, -0.2) is 4.79 Å². The molecular weight excluding hydrogens is 623 g/mol. The molecule has 3 nitrogen and oxygen atoms in total. The van der Waals surface area contributed by atoms with Crippen molar-refractivity contribution in [2.75, 3.05) is 0 Å². The third-order valence-electron chi connectivity index (χ3n) is 10.00. The van der Waals surface area contributed by atoms with E-state index in [1.807, 2.05) is 66.9 Å². The molecule has 0 aromatic heterocycles. The van der Waals surface area contributed by atoms with Crippen LogP contribution in [-0.4, -0.2) is 12.2 Å². The van der Waals surface area contributed by atoms with Crippen molar-refractivity contribution in [2.45, 2.75) is 116 Å². The molecule has 5 aromatic carbocycles. The zero-order valence-electron chi connectivity index (χ0n) is 31.0. The van der Waals surface area contributed by atoms with Crippen LogP contribution in [0.3, 0.4) is 0 Å². The molecule has 0 fully saturated rings. The van der Waals surface area contributed by atoms with Gasteiger partial charge in [-0.05, 0) is 82.6 Å². The molecule has 5 aromatic rings. The molecule has 0 saturated carbocycles. The number of esters is 1. The van der Waals surface area contributed by atoms with Gasteiger partial charge in [0, 0.05) is 6.21 Å². The number of hydrogen-bond donors (Lipinski definition) is 0. The molecule has 0 bridgehead atoms. The maximum absolute atomic E-state index is 13.0. The van der Waals surface area contributed by atoms with E-state index in [4.69, 9.17) is 9.73 Å². The number of rotatable bonds is 21. The van der Waals surface area contributed by atoms with Crippen molar-refractivity contribution in [3.8, 4) is 16.9 Å². The second kappa shape index (κ2) is 21.0. The lowest BCUT2D eigenvalue weighted by Crippen LogP contribution is -2.08. The number of aryl methyl sites for hydroxylation is 1. The number of ether oxygens (including phenoxy) is 1. The summed E-state index contributed by atoms with van der Waals surface area (Å²) in [6, 6.07) is 38.9. The highest BCUT2D eigenvalue weighted by atomic mass is 16.5. The Morgan fingerprint density at radius 1 is 0.608 bits per heavy atom. The summed E-state index contributed by atoms with van der Waals surface area (Å²) in [7, 11) is 0. The van der Waals surface area contributed by atoms with Gasteiger partial charge in [0.1, 0.15) is 5.75 Å². The first-order valence-electron chi connectivity index (χ1n) is 19.6. The van der Waals surface area contributed by atoms with E-state index in [0.717, 1.165) is 28.5 Å². The van der Waals surface area contributed by atoms with Crippen molar-refractivity contribution in [1.29, 1.82) is 0 Å². The van der Waals surface area contributed by atoms with E-state index in [1.165, 1.54) is 106 Å². The molecular formula is C48H57NO2. The van der Waals surface area contributed by atoms with Gasteiger partial charge < -0.3 is 4.74 Å². The van der Waals surface area contributed by atoms with E-state index in [0.29, 0.717) is 11.3 Å². The molecule has 0 radical (unpaired) electrons. The fraction of sp³-hybridized carbons (Fsp3) is 0.375. The minimum Gasteiger partial charge on any atom is -0.423 e. The molecule has 51 heavy (non-hydrogen) atoms. The van der Waals surface area contributed by atoms with Crippen LogP contribution >= 0.6 is 0 Å². The van der Waals surface area contributed by atoms with Crippen LogP contribution in [0, 0.1) is 0 Å². The Morgan fingerprint density at radius 2 is 1.16 bits per heavy atom. The van der Waals surface area contributed by atoms with E-state index in [-0.39, 0.29) is 12.0 Å². The van der Waals surface area contributed by atoms with Crippen LogP contribution < -0.4 is 4.74 Å². The van der Waals surface area contributed by atoms with Crippen LogP contribution in [0.4, 0.5) is 0 Å². The van der Waals surface area contributed by atoms with Gasteiger partial charge in [0.25, 0.3) is 0 Å². The first kappa shape index (κ1) is 37.7. The Bertz CT molecular complexity index is 1770. The average Bonchev–Trinajstić information content (AvgIpc) is 3.17. The number of nitrogens with zero attached hydrogens (tertiary/aromatic N) is 1. The van der Waals surface area contributed by atoms with Crippen molar-refractivity contribution in [2.24, 2.45) is 4.99 Å². The zero-order valence-corrected chi connectivity index (χ0v) is 31.0. The highest BCUT2D eigenvalue weighted by Gasteiger charge is 2.11. The van der Waals surface area contributed by atoms with Crippen molar-refractivity contribution >= 4 is 23.0 Å². The molecule has 3 heteroatoms. The number of aliphatic imine (C=N–C) groups is 1. The summed E-state index contributed by atoms with van der Waals surface area (Å²) >= 11 is 0. The summed E-state index contributed by atoms with van der Waals surface area (Å²) in [6.45, 7) is 4.39. The predicted octanol–water partition coefficient (Wildman–Crippen LogP) is 13.9. The standard InChI is InChI=1S/C48H57NO2/c1-3-4-5-6-7-8-9-10-11-12-13-14-15-17-20-39-23-28-45-36-46(30-29-44(45)35-39)48(50)51-47-33-31-43(32-34-47)42-26-24-40(25-27-42)37-49-38(2)41-21-18-16-19-22-41/h16,18-19,21-38H,3-15,17,20H2,1-2H3/t38-/m1/s1. The van der Waals surface area contributed by atoms with Gasteiger partial charge >= 0.3 is 5.97 Å². The van der Waals surface area contributed by atoms with Crippen molar-refractivity contribution in [3.05, 3.63) is 138 Å². The maximum atomic E-state index is 13.0. The molecule has 266 valence electrons. The minimum absolute atomic E-state index is 0.108. The summed E-state index contributed by atoms with van der Waals surface area (Å²) in [5.74, 6) is 0.190. The van der Waals surface area contributed by atoms with Crippen LogP contribution in [0.5, 0.6) is 5.75 Å². The fourth-order valence-electron chi connectivity index (χ4n) is 6.76. The van der Waals surface area contributed by atoms with E-state index >= 15 is 0 Å². The molecule has 0 N–H and O–H groups in total. The van der Waals surface area contributed by atoms with Crippen molar-refractivity contribution in [1.82, 2.24) is 0 Å². The average molecular weight is 680 g/mol. The van der Waals surface area contributed by atoms with Gasteiger partial charge in [-0.15, -0.1) is 0 Å². The normalized spacial score (nSPS) is 12.0. The van der Waals surface area contributed by atoms with Crippen LogP contribution in [-0.2, 0) is 6.42 Å². The minimum atomic E-state index is -0.343. The second-order valence-corrected chi connectivity index (χ2v) is 14.1. The van der Waals surface area contributed by atoms with Crippen molar-refractivity contribution in [3.63, 3.8) is 0 Å². The van der Waals surface area contributed by atoms with E-state index < -0.39 is 0 Å². The summed E-state index contributed by atoms with van der Waals surface area (Å²) in [4.78, 5) is 17.8. The number of unbranched alkanes of at least 4 members (excludes halogenated alkanes) is 13. The summed E-state index contributed by atoms with van der Waals surface area (Å²) in [6.07, 6.45) is 22.4. The van der Waals surface area contributed by atoms with Gasteiger partial charge in [-0.2, -0.15) is 0 Å². The Hall–Kier alpha value is -4.50. The van der Waals surface area contributed by atoms with Crippen molar-refractivity contribution < 1.29 is 9.53 Å². The van der Waals surface area contributed by atoms with Gasteiger partial charge in [0.2, 0.25) is 0 Å². The van der Waals surface area contributed by atoms with Crippen LogP contribution in [0.1, 0.15) is 137 Å². The fourth-order valence-corrected chi connectivity index (χ4v) is 6.76. The van der Waals surface area contributed by atoms with E-state index in [1.54, 1.807) is 0 Å². The Kier molecular flexibility index (Phi) is 15.5. The topological polar surface area (TPSA) is 38.7 Å². The molecule has 0 aliphatic carbocycles. The van der Waals surface area contributed by atoms with Gasteiger partial charge in [-0.1, -0.05) is 181 Å². The number of hydrogen-bond acceptors (Lipinski definition) is 3. The van der Waals surface area contributed by atoms with Crippen LogP contribution in [0.15, 0.2) is 120 Å². The monoisotopic (exact) mass is 679 g/mol. The molecule has 0 aliphatic heterocycles. The number of carbonyl (C=O) groups is 1. The lowest BCUT2D eigenvalue weighted by atomic mass is 10.00. The van der Waals surface area contributed by atoms with Gasteiger partial charge in [-0.3, -0.25) is 4.99 Å². The molecule has 5 rings (SSSR count). The molecule has 0 spiro atoms. The molecule has 0 unspecified atom stereocenters. The first-order chi connectivity index (χ1) is 25.1. The zero-order chi connectivity index (χ0) is 35.5. The second-order valence-electron chi connectivity index (χ2n) is 14.1. The van der Waals surface area contributed by atoms with Gasteiger partial charge in [0.15, 0.2) is 0 Å². The third-order valence-corrected chi connectivity index (χ3v) is 10.00. The summed E-state index contributed by atoms with van der Waals surface area (Å²) < 4.78 is 5.75. The lowest BCUT2D eigenvalue weighted by Gasteiger charge is -2.09. The first-order valence-corrected chi connectivity index (χ1v) is 19.6. The molecule has 0 amide bonds. The quantitative estimate of drug-likeness (QED) is 0.0335. The summed E-state index contributed by atoms with van der Waals surface area (Å²) in [5.41, 5.74) is 6.35. The predicted molar refractivity (Wildman–Crippen MR) is 217 cm³/mol. The Balaban J connectivity index is 1.01. The van der Waals surface area contributed by atoms with Crippen LogP contribution in [0.2, 0.25) is 0 Å². The highest BCUT2D eigenvalue weighted by Crippen LogP contribution is 2.25. The summed E-state index contributed by atoms with van der Waals surface area (Å²) in [5, 5.41) is 2.23. The van der Waals surface area contributed by atoms with Crippen LogP contribution in [0.25, 0.3) is 21.9 Å². The number of benzene rings is 5. The largest absolute Gasteiger partial charge is 0.423 e. The molecule has 0 saturated heterocycles. The number of fused-ring (bicyclic) bond motifs is 1. The lowest BCUT2D eigenvalue weighted by molar-refractivity contribution is 0.0735. The van der Waals surface area contributed by atoms with E-state index in [9.17, 15) is 4.79 Å². The smallest absolute Gasteiger partial charge is 0.343 e. The highest BCUT2D eigenvalue weighted by molar-refractivity contribution is 5.96. The third kappa shape index (κ3) is 12.6. The maximum Gasteiger partial charge on any atom is 0.343 e. The molecule has 1 atom stereocenters. The number of carbonyl (C=O) groups excluding carboxylic acids is 1. The Labute approximate surface area is 307 Å². The van der Waals surface area contributed by atoms with Gasteiger partial charge in [0.05, 0.1) is 11.6 Å². The molecule has 0 heterocycles. The van der Waals surface area contributed by atoms with E-state index in [2.05, 4.69) is 68.4 Å².